The molecule has 0 fully saturated rings. The first-order valence-corrected chi connectivity index (χ1v) is 8.92. The lowest BCUT2D eigenvalue weighted by Gasteiger charge is -2.27. The first kappa shape index (κ1) is 21.0. The van der Waals surface area contributed by atoms with Crippen LogP contribution in [-0.2, 0) is 14.3 Å². The van der Waals surface area contributed by atoms with Gasteiger partial charge >= 0.3 is 5.97 Å². The highest BCUT2D eigenvalue weighted by molar-refractivity contribution is 5.91. The van der Waals surface area contributed by atoms with Crippen LogP contribution in [0.4, 0.5) is 0 Å². The van der Waals surface area contributed by atoms with E-state index in [0.29, 0.717) is 0 Å². The van der Waals surface area contributed by atoms with Gasteiger partial charge in [-0.05, 0) is 53.5 Å². The van der Waals surface area contributed by atoms with Crippen LogP contribution in [0.25, 0.3) is 16.8 Å². The Morgan fingerprint density at radius 1 is 1.21 bits per heavy atom. The summed E-state index contributed by atoms with van der Waals surface area (Å²) in [5.74, 6) is -0.445. The minimum Gasteiger partial charge on any atom is -0.497 e. The molecule has 0 bridgehead atoms. The molecule has 0 saturated carbocycles. The standard InChI is InChI=1S/C22H24N2O4/c1-15(2)22(3,14-23)24-20(25)13-28-21(26)10-6-16-5-7-18-12-19(27-4)9-8-17(18)11-16/h5-12,15H,13H2,1-4H3,(H,24,25)/b10-6+/t22-/m1/s1. The minimum atomic E-state index is -1.01. The predicted molar refractivity (Wildman–Crippen MR) is 107 cm³/mol. The van der Waals surface area contributed by atoms with Crippen LogP contribution < -0.4 is 10.1 Å². The summed E-state index contributed by atoms with van der Waals surface area (Å²) in [4.78, 5) is 23.8. The molecule has 0 radical (unpaired) electrons. The van der Waals surface area contributed by atoms with Gasteiger partial charge in [-0.2, -0.15) is 5.26 Å². The van der Waals surface area contributed by atoms with Crippen molar-refractivity contribution in [2.24, 2.45) is 5.92 Å². The van der Waals surface area contributed by atoms with Crippen LogP contribution >= 0.6 is 0 Å². The van der Waals surface area contributed by atoms with Crippen LogP contribution in [0.2, 0.25) is 0 Å². The molecule has 0 unspecified atom stereocenters. The molecule has 0 spiro atoms. The Hall–Kier alpha value is -3.33. The molecule has 0 heterocycles. The summed E-state index contributed by atoms with van der Waals surface area (Å²) in [6.07, 6.45) is 2.89. The third-order valence-electron chi connectivity index (χ3n) is 4.61. The number of methoxy groups -OCH3 is 1. The van der Waals surface area contributed by atoms with Gasteiger partial charge in [0.15, 0.2) is 6.61 Å². The van der Waals surface area contributed by atoms with E-state index in [1.165, 1.54) is 6.08 Å². The van der Waals surface area contributed by atoms with Gasteiger partial charge in [0.25, 0.3) is 5.91 Å². The van der Waals surface area contributed by atoms with E-state index >= 15 is 0 Å². The number of nitrogens with zero attached hydrogens (tertiary/aromatic N) is 1. The number of hydrogen-bond acceptors (Lipinski definition) is 5. The van der Waals surface area contributed by atoms with Crippen LogP contribution in [-0.4, -0.2) is 31.1 Å². The van der Waals surface area contributed by atoms with Gasteiger partial charge in [-0.15, -0.1) is 0 Å². The van der Waals surface area contributed by atoms with E-state index in [4.69, 9.17) is 9.47 Å². The molecule has 1 N–H and O–H groups in total. The van der Waals surface area contributed by atoms with Crippen LogP contribution in [0.15, 0.2) is 42.5 Å². The van der Waals surface area contributed by atoms with Crippen molar-refractivity contribution >= 4 is 28.7 Å². The number of esters is 1. The van der Waals surface area contributed by atoms with Crippen molar-refractivity contribution in [2.75, 3.05) is 13.7 Å². The molecular weight excluding hydrogens is 356 g/mol. The summed E-state index contributed by atoms with van der Waals surface area (Å²) in [5.41, 5.74) is -0.177. The van der Waals surface area contributed by atoms with Gasteiger partial charge in [0, 0.05) is 6.08 Å². The molecule has 28 heavy (non-hydrogen) atoms. The molecule has 2 aromatic carbocycles. The van der Waals surface area contributed by atoms with E-state index in [9.17, 15) is 14.9 Å². The molecule has 1 atom stereocenters. The van der Waals surface area contributed by atoms with Crippen molar-refractivity contribution in [2.45, 2.75) is 26.3 Å². The fourth-order valence-corrected chi connectivity index (χ4v) is 2.45. The van der Waals surface area contributed by atoms with Gasteiger partial charge in [-0.3, -0.25) is 4.79 Å². The van der Waals surface area contributed by atoms with Crippen molar-refractivity contribution in [1.29, 1.82) is 5.26 Å². The topological polar surface area (TPSA) is 88.4 Å². The van der Waals surface area contributed by atoms with Gasteiger partial charge in [0.05, 0.1) is 13.2 Å². The van der Waals surface area contributed by atoms with Crippen molar-refractivity contribution in [3.63, 3.8) is 0 Å². The summed E-state index contributed by atoms with van der Waals surface area (Å²) in [7, 11) is 1.62. The van der Waals surface area contributed by atoms with Crippen LogP contribution in [0.1, 0.15) is 26.3 Å². The Balaban J connectivity index is 1.94. The Kier molecular flexibility index (Phi) is 6.78. The third kappa shape index (κ3) is 5.34. The number of ether oxygens (including phenoxy) is 2. The van der Waals surface area contributed by atoms with E-state index in [2.05, 4.69) is 11.4 Å². The highest BCUT2D eigenvalue weighted by Gasteiger charge is 2.30. The zero-order valence-corrected chi connectivity index (χ0v) is 16.5. The van der Waals surface area contributed by atoms with Crippen molar-refractivity contribution in [3.8, 4) is 11.8 Å². The fourth-order valence-electron chi connectivity index (χ4n) is 2.45. The van der Waals surface area contributed by atoms with Crippen LogP contribution in [0, 0.1) is 17.2 Å². The van der Waals surface area contributed by atoms with E-state index in [0.717, 1.165) is 22.1 Å². The number of rotatable bonds is 7. The Labute approximate surface area is 164 Å². The number of amides is 1. The Morgan fingerprint density at radius 3 is 2.54 bits per heavy atom. The van der Waals surface area contributed by atoms with Crippen LogP contribution in [0.3, 0.4) is 0 Å². The predicted octanol–water partition coefficient (Wildman–Crippen LogP) is 3.46. The first-order chi connectivity index (χ1) is 13.3. The average Bonchev–Trinajstić information content (AvgIpc) is 2.69. The maximum absolute atomic E-state index is 11.9. The molecule has 0 aliphatic carbocycles. The highest BCUT2D eigenvalue weighted by Crippen LogP contribution is 2.22. The molecule has 1 amide bonds. The molecule has 0 aliphatic heterocycles. The molecule has 2 aromatic rings. The van der Waals surface area contributed by atoms with Gasteiger partial charge in [-0.1, -0.05) is 32.0 Å². The molecule has 2 rings (SSSR count). The van der Waals surface area contributed by atoms with Crippen molar-refractivity contribution in [3.05, 3.63) is 48.0 Å². The zero-order chi connectivity index (χ0) is 20.7. The molecular formula is C22H24N2O4. The molecule has 6 heteroatoms. The summed E-state index contributed by atoms with van der Waals surface area (Å²) in [6.45, 7) is 4.85. The van der Waals surface area contributed by atoms with E-state index in [1.807, 2.05) is 50.2 Å². The monoisotopic (exact) mass is 380 g/mol. The smallest absolute Gasteiger partial charge is 0.331 e. The second-order valence-electron chi connectivity index (χ2n) is 6.93. The fraction of sp³-hybridized carbons (Fsp3) is 0.318. The SMILES string of the molecule is COc1ccc2cc(/C=C/C(=O)OCC(=O)N[C@](C)(C#N)C(C)C)ccc2c1. The number of nitrogens with one attached hydrogen (secondary N) is 1. The molecule has 6 nitrogen and oxygen atoms in total. The van der Waals surface area contributed by atoms with Gasteiger partial charge < -0.3 is 14.8 Å². The lowest BCUT2D eigenvalue weighted by molar-refractivity contribution is -0.144. The largest absolute Gasteiger partial charge is 0.497 e. The van der Waals surface area contributed by atoms with E-state index in [-0.39, 0.29) is 5.92 Å². The Bertz CT molecular complexity index is 943. The first-order valence-electron chi connectivity index (χ1n) is 8.92. The molecule has 0 saturated heterocycles. The Morgan fingerprint density at radius 2 is 1.89 bits per heavy atom. The highest BCUT2D eigenvalue weighted by atomic mass is 16.5. The number of nitriles is 1. The minimum absolute atomic E-state index is 0.0788. The molecule has 0 aromatic heterocycles. The van der Waals surface area contributed by atoms with E-state index < -0.39 is 24.0 Å². The zero-order valence-electron chi connectivity index (χ0n) is 16.5. The van der Waals surface area contributed by atoms with Crippen molar-refractivity contribution < 1.29 is 19.1 Å². The second kappa shape index (κ2) is 9.05. The number of carbonyl (C=O) groups excluding carboxylic acids is 2. The quantitative estimate of drug-likeness (QED) is 0.587. The molecule has 146 valence electrons. The van der Waals surface area contributed by atoms with Crippen molar-refractivity contribution in [1.82, 2.24) is 5.32 Å². The number of benzene rings is 2. The average molecular weight is 380 g/mol. The summed E-state index contributed by atoms with van der Waals surface area (Å²) >= 11 is 0. The maximum atomic E-state index is 11.9. The number of carbonyl (C=O) groups is 2. The third-order valence-corrected chi connectivity index (χ3v) is 4.61. The number of hydrogen-bond donors (Lipinski definition) is 1. The van der Waals surface area contributed by atoms with Crippen LogP contribution in [0.5, 0.6) is 5.75 Å². The lowest BCUT2D eigenvalue weighted by Crippen LogP contribution is -2.50. The lowest BCUT2D eigenvalue weighted by atomic mass is 9.90. The summed E-state index contributed by atoms with van der Waals surface area (Å²) < 4.78 is 10.2. The summed E-state index contributed by atoms with van der Waals surface area (Å²) in [5, 5.41) is 13.8. The van der Waals surface area contributed by atoms with Gasteiger partial charge in [0.2, 0.25) is 0 Å². The van der Waals surface area contributed by atoms with E-state index in [1.54, 1.807) is 20.1 Å². The van der Waals surface area contributed by atoms with Gasteiger partial charge in [-0.25, -0.2) is 4.79 Å². The number of fused-ring (bicyclic) bond motifs is 1. The normalized spacial score (nSPS) is 13.1. The molecule has 0 aliphatic rings. The maximum Gasteiger partial charge on any atom is 0.331 e. The second-order valence-corrected chi connectivity index (χ2v) is 6.93. The van der Waals surface area contributed by atoms with Gasteiger partial charge in [0.1, 0.15) is 11.3 Å². The summed E-state index contributed by atoms with van der Waals surface area (Å²) in [6, 6.07) is 13.6.